The van der Waals surface area contributed by atoms with Gasteiger partial charge in [0.2, 0.25) is 0 Å². The maximum Gasteiger partial charge on any atom is 0.175 e. The van der Waals surface area contributed by atoms with E-state index < -0.39 is 9.84 Å². The molecule has 110 valence electrons. The van der Waals surface area contributed by atoms with E-state index in [4.69, 9.17) is 23.2 Å². The Hall–Kier alpha value is -1.36. The summed E-state index contributed by atoms with van der Waals surface area (Å²) >= 11 is 11.7. The summed E-state index contributed by atoms with van der Waals surface area (Å²) in [6.07, 6.45) is 1.30. The van der Waals surface area contributed by atoms with Gasteiger partial charge in [0.25, 0.3) is 0 Å². The molecule has 2 aromatic carbocycles. The number of rotatable bonds is 4. The van der Waals surface area contributed by atoms with E-state index in [0.717, 1.165) is 11.8 Å². The van der Waals surface area contributed by atoms with Crippen LogP contribution >= 0.6 is 23.2 Å². The highest BCUT2D eigenvalue weighted by Gasteiger charge is 2.11. The lowest BCUT2D eigenvalue weighted by molar-refractivity contribution is 0.0993. The topological polar surface area (TPSA) is 51.2 Å². The molecule has 0 aromatic heterocycles. The monoisotopic (exact) mass is 342 g/mol. The second kappa shape index (κ2) is 6.18. The fraction of sp³-hybridized carbons (Fsp3) is 0.133. The smallest absolute Gasteiger partial charge is 0.175 e. The SMILES string of the molecule is CS(=O)(=O)c1ccc(C(=O)Cc2ccc(Cl)c(Cl)c2)cc1. The molecule has 2 rings (SSSR count). The zero-order chi connectivity index (χ0) is 15.6. The molecule has 6 heteroatoms. The van der Waals surface area contributed by atoms with E-state index in [1.54, 1.807) is 18.2 Å². The summed E-state index contributed by atoms with van der Waals surface area (Å²) in [5.41, 5.74) is 1.20. The molecular formula is C15H12Cl2O3S. The van der Waals surface area contributed by atoms with Crippen molar-refractivity contribution < 1.29 is 13.2 Å². The molecule has 0 heterocycles. The molecule has 2 aromatic rings. The van der Waals surface area contributed by atoms with Crippen LogP contribution in [0.15, 0.2) is 47.4 Å². The van der Waals surface area contributed by atoms with Crippen molar-refractivity contribution in [2.45, 2.75) is 11.3 Å². The maximum atomic E-state index is 12.1. The van der Waals surface area contributed by atoms with Gasteiger partial charge in [0.1, 0.15) is 0 Å². The first-order chi connectivity index (χ1) is 9.77. The van der Waals surface area contributed by atoms with E-state index >= 15 is 0 Å². The van der Waals surface area contributed by atoms with Crippen molar-refractivity contribution >= 4 is 38.8 Å². The summed E-state index contributed by atoms with van der Waals surface area (Å²) in [7, 11) is -3.26. The number of hydrogen-bond acceptors (Lipinski definition) is 3. The van der Waals surface area contributed by atoms with Crippen LogP contribution < -0.4 is 0 Å². The van der Waals surface area contributed by atoms with Crippen molar-refractivity contribution in [2.24, 2.45) is 0 Å². The van der Waals surface area contributed by atoms with Gasteiger partial charge in [0, 0.05) is 18.2 Å². The number of carbonyl (C=O) groups is 1. The van der Waals surface area contributed by atoms with Crippen LogP contribution in [0.25, 0.3) is 0 Å². The molecule has 21 heavy (non-hydrogen) atoms. The van der Waals surface area contributed by atoms with E-state index in [9.17, 15) is 13.2 Å². The number of sulfone groups is 1. The third-order valence-corrected chi connectivity index (χ3v) is 4.82. The highest BCUT2D eigenvalue weighted by Crippen LogP contribution is 2.23. The van der Waals surface area contributed by atoms with Crippen LogP contribution in [0.5, 0.6) is 0 Å². The molecule has 3 nitrogen and oxygen atoms in total. The van der Waals surface area contributed by atoms with E-state index in [1.807, 2.05) is 0 Å². The van der Waals surface area contributed by atoms with Gasteiger partial charge in [-0.05, 0) is 29.8 Å². The van der Waals surface area contributed by atoms with Gasteiger partial charge in [-0.15, -0.1) is 0 Å². The minimum absolute atomic E-state index is 0.117. The third kappa shape index (κ3) is 4.06. The van der Waals surface area contributed by atoms with Gasteiger partial charge in [-0.25, -0.2) is 8.42 Å². The lowest BCUT2D eigenvalue weighted by atomic mass is 10.0. The molecule has 0 saturated heterocycles. The largest absolute Gasteiger partial charge is 0.294 e. The van der Waals surface area contributed by atoms with Gasteiger partial charge in [-0.1, -0.05) is 41.4 Å². The molecule has 0 aliphatic heterocycles. The van der Waals surface area contributed by atoms with Crippen molar-refractivity contribution in [3.63, 3.8) is 0 Å². The minimum atomic E-state index is -3.26. The van der Waals surface area contributed by atoms with Crippen molar-refractivity contribution in [1.29, 1.82) is 0 Å². The summed E-state index contributed by atoms with van der Waals surface area (Å²) in [6.45, 7) is 0. The normalized spacial score (nSPS) is 11.4. The molecule has 0 atom stereocenters. The lowest BCUT2D eigenvalue weighted by Gasteiger charge is -2.04. The quantitative estimate of drug-likeness (QED) is 0.793. The number of halogens is 2. The van der Waals surface area contributed by atoms with Gasteiger partial charge in [0.05, 0.1) is 14.9 Å². The van der Waals surface area contributed by atoms with Crippen LogP contribution in [0.2, 0.25) is 10.0 Å². The third-order valence-electron chi connectivity index (χ3n) is 2.95. The van der Waals surface area contributed by atoms with E-state index in [1.165, 1.54) is 24.3 Å². The fourth-order valence-corrected chi connectivity index (χ4v) is 2.78. The van der Waals surface area contributed by atoms with Crippen molar-refractivity contribution in [2.75, 3.05) is 6.26 Å². The Morgan fingerprint density at radius 1 is 1.00 bits per heavy atom. The fourth-order valence-electron chi connectivity index (χ4n) is 1.83. The molecule has 0 aliphatic carbocycles. The molecule has 0 N–H and O–H groups in total. The Morgan fingerprint density at radius 2 is 1.62 bits per heavy atom. The molecule has 0 saturated carbocycles. The molecular weight excluding hydrogens is 331 g/mol. The van der Waals surface area contributed by atoms with Crippen LogP contribution in [0.4, 0.5) is 0 Å². The number of ketones is 1. The Kier molecular flexibility index (Phi) is 4.71. The molecule has 0 aliphatic rings. The van der Waals surface area contributed by atoms with Crippen molar-refractivity contribution in [3.05, 3.63) is 63.6 Å². The van der Waals surface area contributed by atoms with Crippen molar-refractivity contribution in [3.8, 4) is 0 Å². The summed E-state index contributed by atoms with van der Waals surface area (Å²) in [6, 6.07) is 10.9. The Bertz CT molecular complexity index is 781. The van der Waals surface area contributed by atoms with Crippen LogP contribution in [0.3, 0.4) is 0 Å². The summed E-state index contributed by atoms with van der Waals surface area (Å²) in [4.78, 5) is 12.3. The average molecular weight is 343 g/mol. The predicted octanol–water partition coefficient (Wildman–Crippen LogP) is 3.82. The van der Waals surface area contributed by atoms with Crippen LogP contribution in [-0.4, -0.2) is 20.5 Å². The molecule has 0 spiro atoms. The number of carbonyl (C=O) groups excluding carboxylic acids is 1. The maximum absolute atomic E-state index is 12.1. The van der Waals surface area contributed by atoms with E-state index in [-0.39, 0.29) is 17.1 Å². The number of hydrogen-bond donors (Lipinski definition) is 0. The Balaban J connectivity index is 2.18. The molecule has 0 amide bonds. The Labute approximate surface area is 133 Å². The average Bonchev–Trinajstić information content (AvgIpc) is 2.42. The standard InChI is InChI=1S/C15H12Cl2O3S/c1-21(19,20)12-5-3-11(4-6-12)15(18)9-10-2-7-13(16)14(17)8-10/h2-8H,9H2,1H3. The van der Waals surface area contributed by atoms with Gasteiger partial charge < -0.3 is 0 Å². The second-order valence-electron chi connectivity index (χ2n) is 4.64. The van der Waals surface area contributed by atoms with E-state index in [2.05, 4.69) is 0 Å². The van der Waals surface area contributed by atoms with Crippen LogP contribution in [-0.2, 0) is 16.3 Å². The molecule has 0 bridgehead atoms. The number of benzene rings is 2. The second-order valence-corrected chi connectivity index (χ2v) is 7.48. The van der Waals surface area contributed by atoms with Crippen LogP contribution in [0, 0.1) is 0 Å². The summed E-state index contributed by atoms with van der Waals surface area (Å²) < 4.78 is 22.7. The first-order valence-electron chi connectivity index (χ1n) is 6.04. The van der Waals surface area contributed by atoms with Crippen LogP contribution in [0.1, 0.15) is 15.9 Å². The first kappa shape index (κ1) is 16.0. The molecule has 0 unspecified atom stereocenters. The van der Waals surface area contributed by atoms with Gasteiger partial charge >= 0.3 is 0 Å². The zero-order valence-corrected chi connectivity index (χ0v) is 13.5. The summed E-state index contributed by atoms with van der Waals surface area (Å²) in [5.74, 6) is -0.117. The van der Waals surface area contributed by atoms with Gasteiger partial charge in [-0.3, -0.25) is 4.79 Å². The lowest BCUT2D eigenvalue weighted by Crippen LogP contribution is -2.04. The highest BCUT2D eigenvalue weighted by atomic mass is 35.5. The minimum Gasteiger partial charge on any atom is -0.294 e. The molecule has 0 fully saturated rings. The van der Waals surface area contributed by atoms with Gasteiger partial charge in [-0.2, -0.15) is 0 Å². The predicted molar refractivity (Wildman–Crippen MR) is 84.0 cm³/mol. The highest BCUT2D eigenvalue weighted by molar-refractivity contribution is 7.90. The van der Waals surface area contributed by atoms with Gasteiger partial charge in [0.15, 0.2) is 15.6 Å². The first-order valence-corrected chi connectivity index (χ1v) is 8.69. The zero-order valence-electron chi connectivity index (χ0n) is 11.1. The number of Topliss-reactive ketones (excluding diaryl/α,β-unsaturated/α-hetero) is 1. The van der Waals surface area contributed by atoms with Crippen molar-refractivity contribution in [1.82, 2.24) is 0 Å². The van der Waals surface area contributed by atoms with E-state index in [0.29, 0.717) is 15.6 Å². The molecule has 0 radical (unpaired) electrons. The Morgan fingerprint density at radius 3 is 2.14 bits per heavy atom. The summed E-state index contributed by atoms with van der Waals surface area (Å²) in [5, 5.41) is 0.833.